The quantitative estimate of drug-likeness (QED) is 0.261. The molecule has 9 heteroatoms. The second-order valence-electron chi connectivity index (χ2n) is 8.61. The molecule has 1 fully saturated rings. The van der Waals surface area contributed by atoms with Crippen LogP contribution in [-0.2, 0) is 13.0 Å². The summed E-state index contributed by atoms with van der Waals surface area (Å²) in [4.78, 5) is 18.0. The van der Waals surface area contributed by atoms with Gasteiger partial charge in [0.25, 0.3) is 5.89 Å². The summed E-state index contributed by atoms with van der Waals surface area (Å²) in [7, 11) is 1.83. The summed E-state index contributed by atoms with van der Waals surface area (Å²) < 4.78 is 5.33. The molecule has 182 valence electrons. The summed E-state index contributed by atoms with van der Waals surface area (Å²) in [6, 6.07) is 14.7. The lowest BCUT2D eigenvalue weighted by molar-refractivity contribution is 0.172. The molecular weight excluding hydrogens is 541 g/mol. The Morgan fingerprint density at radius 3 is 2.50 bits per heavy atom. The van der Waals surface area contributed by atoms with Crippen molar-refractivity contribution in [3.05, 3.63) is 65.6 Å². The molecule has 1 N–H and O–H groups in total. The largest absolute Gasteiger partial charge is 0.356 e. The zero-order valence-electron chi connectivity index (χ0n) is 20.1. The zero-order chi connectivity index (χ0) is 23.0. The van der Waals surface area contributed by atoms with Crippen LogP contribution in [0.25, 0.3) is 11.6 Å². The molecule has 4 rings (SSSR count). The first-order chi connectivity index (χ1) is 16.1. The van der Waals surface area contributed by atoms with Crippen LogP contribution in [0.3, 0.4) is 0 Å². The molecule has 0 spiro atoms. The predicted molar refractivity (Wildman–Crippen MR) is 145 cm³/mol. The van der Waals surface area contributed by atoms with E-state index in [4.69, 9.17) is 4.52 Å². The molecule has 0 atom stereocenters. The first kappa shape index (κ1) is 26.1. The summed E-state index contributed by atoms with van der Waals surface area (Å²) in [5.41, 5.74) is 3.46. The van der Waals surface area contributed by atoms with E-state index in [9.17, 15) is 0 Å². The van der Waals surface area contributed by atoms with Gasteiger partial charge in [0.2, 0.25) is 0 Å². The fourth-order valence-corrected chi connectivity index (χ4v) is 3.95. The van der Waals surface area contributed by atoms with Gasteiger partial charge in [0.05, 0.1) is 0 Å². The maximum atomic E-state index is 5.33. The molecule has 0 saturated carbocycles. The van der Waals surface area contributed by atoms with Gasteiger partial charge in [-0.05, 0) is 29.2 Å². The maximum Gasteiger partial charge on any atom is 0.276 e. The maximum absolute atomic E-state index is 5.33. The second kappa shape index (κ2) is 12.8. The topological polar surface area (TPSA) is 82.7 Å². The normalized spacial score (nSPS) is 14.8. The van der Waals surface area contributed by atoms with Gasteiger partial charge in [-0.1, -0.05) is 49.3 Å². The molecule has 0 bridgehead atoms. The van der Waals surface area contributed by atoms with Crippen molar-refractivity contribution < 1.29 is 4.52 Å². The van der Waals surface area contributed by atoms with Gasteiger partial charge in [0.15, 0.2) is 11.8 Å². The summed E-state index contributed by atoms with van der Waals surface area (Å²) in [5, 5.41) is 7.50. The first-order valence-electron chi connectivity index (χ1n) is 11.6. The number of nitrogens with zero attached hydrogens (tertiary/aromatic N) is 6. The third kappa shape index (κ3) is 6.99. The van der Waals surface area contributed by atoms with Gasteiger partial charge < -0.3 is 14.7 Å². The molecule has 0 unspecified atom stereocenters. The molecule has 8 nitrogen and oxygen atoms in total. The van der Waals surface area contributed by atoms with Gasteiger partial charge >= 0.3 is 0 Å². The lowest BCUT2D eigenvalue weighted by atomic mass is 10.0. The van der Waals surface area contributed by atoms with Crippen LogP contribution in [0.4, 0.5) is 0 Å². The van der Waals surface area contributed by atoms with Crippen LogP contribution in [0.1, 0.15) is 36.7 Å². The Morgan fingerprint density at radius 1 is 1.09 bits per heavy atom. The molecule has 0 aliphatic carbocycles. The highest BCUT2D eigenvalue weighted by atomic mass is 127. The van der Waals surface area contributed by atoms with Crippen molar-refractivity contribution in [2.24, 2.45) is 4.99 Å². The van der Waals surface area contributed by atoms with Gasteiger partial charge in [0.1, 0.15) is 5.69 Å². The molecule has 34 heavy (non-hydrogen) atoms. The molecular formula is C25H34IN7O. The van der Waals surface area contributed by atoms with Crippen molar-refractivity contribution in [2.75, 3.05) is 39.8 Å². The molecule has 1 aliphatic heterocycles. The monoisotopic (exact) mass is 575 g/mol. The van der Waals surface area contributed by atoms with E-state index in [1.54, 1.807) is 6.20 Å². The Labute approximate surface area is 218 Å². The van der Waals surface area contributed by atoms with Crippen LogP contribution in [0, 0.1) is 0 Å². The third-order valence-corrected chi connectivity index (χ3v) is 5.92. The summed E-state index contributed by atoms with van der Waals surface area (Å²) >= 11 is 0. The molecule has 0 radical (unpaired) electrons. The Bertz CT molecular complexity index is 1030. The fraction of sp³-hybridized carbons (Fsp3) is 0.440. The van der Waals surface area contributed by atoms with Crippen molar-refractivity contribution in [1.29, 1.82) is 0 Å². The van der Waals surface area contributed by atoms with Gasteiger partial charge in [-0.2, -0.15) is 4.98 Å². The Balaban J connectivity index is 0.00000324. The van der Waals surface area contributed by atoms with Crippen molar-refractivity contribution in [2.45, 2.75) is 32.7 Å². The Hall–Kier alpha value is -2.53. The zero-order valence-corrected chi connectivity index (χ0v) is 22.5. The number of halogens is 1. The van der Waals surface area contributed by atoms with Crippen LogP contribution in [0.2, 0.25) is 0 Å². The van der Waals surface area contributed by atoms with Crippen molar-refractivity contribution in [3.8, 4) is 11.6 Å². The Kier molecular flexibility index (Phi) is 9.82. The van der Waals surface area contributed by atoms with E-state index in [1.165, 1.54) is 11.1 Å². The molecule has 3 aromatic rings. The number of aliphatic imine (C=N–C) groups is 1. The number of guanidine groups is 1. The minimum atomic E-state index is 0. The predicted octanol–water partition coefficient (Wildman–Crippen LogP) is 3.81. The number of benzene rings is 1. The highest BCUT2D eigenvalue weighted by Crippen LogP contribution is 2.16. The van der Waals surface area contributed by atoms with Crippen molar-refractivity contribution in [3.63, 3.8) is 0 Å². The number of hydrogen-bond donors (Lipinski definition) is 1. The van der Waals surface area contributed by atoms with Gasteiger partial charge in [0, 0.05) is 58.9 Å². The highest BCUT2D eigenvalue weighted by molar-refractivity contribution is 14.0. The van der Waals surface area contributed by atoms with Gasteiger partial charge in [-0.3, -0.25) is 14.9 Å². The van der Waals surface area contributed by atoms with Crippen LogP contribution in [0.5, 0.6) is 0 Å². The van der Waals surface area contributed by atoms with Gasteiger partial charge in [-0.25, -0.2) is 0 Å². The van der Waals surface area contributed by atoms with Crippen LogP contribution < -0.4 is 5.32 Å². The lowest BCUT2D eigenvalue weighted by Crippen LogP contribution is -2.52. The first-order valence-corrected chi connectivity index (χ1v) is 11.6. The van der Waals surface area contributed by atoms with Crippen LogP contribution >= 0.6 is 24.0 Å². The summed E-state index contributed by atoms with van der Waals surface area (Å²) in [6.45, 7) is 10.1. The average Bonchev–Trinajstić information content (AvgIpc) is 3.32. The molecule has 0 amide bonds. The van der Waals surface area contributed by atoms with E-state index < -0.39 is 0 Å². The molecule has 3 heterocycles. The minimum absolute atomic E-state index is 0. The van der Waals surface area contributed by atoms with E-state index in [0.29, 0.717) is 36.3 Å². The van der Waals surface area contributed by atoms with Crippen LogP contribution in [0.15, 0.2) is 58.2 Å². The lowest BCUT2D eigenvalue weighted by Gasteiger charge is -2.36. The molecule has 1 aromatic carbocycles. The molecule has 1 aliphatic rings. The number of aromatic nitrogens is 3. The van der Waals surface area contributed by atoms with E-state index >= 15 is 0 Å². The van der Waals surface area contributed by atoms with E-state index in [2.05, 4.69) is 73.3 Å². The number of hydrogen-bond acceptors (Lipinski definition) is 6. The number of pyridine rings is 1. The van der Waals surface area contributed by atoms with E-state index in [0.717, 1.165) is 38.7 Å². The van der Waals surface area contributed by atoms with E-state index in [-0.39, 0.29) is 24.0 Å². The number of rotatable bonds is 7. The van der Waals surface area contributed by atoms with Crippen LogP contribution in [-0.4, -0.2) is 70.7 Å². The van der Waals surface area contributed by atoms with Crippen molar-refractivity contribution in [1.82, 2.24) is 30.2 Å². The summed E-state index contributed by atoms with van der Waals surface area (Å²) in [6.07, 6.45) is 2.37. The smallest absolute Gasteiger partial charge is 0.276 e. The van der Waals surface area contributed by atoms with E-state index in [1.807, 2.05) is 25.2 Å². The highest BCUT2D eigenvalue weighted by Gasteiger charge is 2.20. The Morgan fingerprint density at radius 2 is 1.85 bits per heavy atom. The fourth-order valence-electron chi connectivity index (χ4n) is 3.95. The SMILES string of the molecule is CN=C(NCCc1noc(-c2ccccn2)n1)N1CCN(Cc2ccc(C(C)C)cc2)CC1.I. The minimum Gasteiger partial charge on any atom is -0.356 e. The van der Waals surface area contributed by atoms with Gasteiger partial charge in [-0.15, -0.1) is 24.0 Å². The molecule has 1 saturated heterocycles. The number of nitrogens with one attached hydrogen (secondary N) is 1. The second-order valence-corrected chi connectivity index (χ2v) is 8.61. The third-order valence-electron chi connectivity index (χ3n) is 5.92. The molecule has 2 aromatic heterocycles. The summed E-state index contributed by atoms with van der Waals surface area (Å²) in [5.74, 6) is 2.60. The standard InChI is InChI=1S/C25H33N7O.HI/c1-19(2)21-9-7-20(8-10-21)18-31-14-16-32(17-15-31)25(26-3)28-13-11-23-29-24(33-30-23)22-6-4-5-12-27-22;/h4-10,12,19H,11,13-18H2,1-3H3,(H,26,28);1H. The average molecular weight is 575 g/mol. The van der Waals surface area contributed by atoms with Crippen molar-refractivity contribution >= 4 is 29.9 Å². The number of piperazine rings is 1.